The molecule has 2 aromatic heterocycles. The predicted octanol–water partition coefficient (Wildman–Crippen LogP) is 2.32. The van der Waals surface area contributed by atoms with Crippen molar-refractivity contribution in [2.45, 2.75) is 30.7 Å². The van der Waals surface area contributed by atoms with Gasteiger partial charge in [0.2, 0.25) is 12.0 Å². The van der Waals surface area contributed by atoms with Crippen LogP contribution in [-0.4, -0.2) is 34.3 Å². The van der Waals surface area contributed by atoms with E-state index in [4.69, 9.17) is 13.9 Å². The summed E-state index contributed by atoms with van der Waals surface area (Å²) in [6.07, 6.45) is 0.760. The number of carbonyl (C=O) groups excluding carboxylic acids is 2. The van der Waals surface area contributed by atoms with Gasteiger partial charge in [0, 0.05) is 17.1 Å². The lowest BCUT2D eigenvalue weighted by Gasteiger charge is -2.25. The molecule has 4 heterocycles. The number of hydrogen-bond donors (Lipinski definition) is 2. The molecule has 10 heteroatoms. The van der Waals surface area contributed by atoms with Gasteiger partial charge in [-0.2, -0.15) is 16.9 Å². The van der Waals surface area contributed by atoms with Crippen LogP contribution in [0, 0.1) is 0 Å². The third-order valence-electron chi connectivity index (χ3n) is 4.99. The highest BCUT2D eigenvalue weighted by Gasteiger charge is 2.31. The molecule has 0 aliphatic carbocycles. The summed E-state index contributed by atoms with van der Waals surface area (Å²) in [5, 5.41) is 10.2. The molecule has 5 rings (SSSR count). The van der Waals surface area contributed by atoms with Crippen LogP contribution in [0.5, 0.6) is 11.5 Å². The number of rotatable bonds is 6. The molecule has 9 nitrogen and oxygen atoms in total. The minimum absolute atomic E-state index is 0.0150. The number of hydrogen-bond acceptors (Lipinski definition) is 7. The van der Waals surface area contributed by atoms with Crippen molar-refractivity contribution in [2.75, 3.05) is 11.9 Å². The number of nitrogens with zero attached hydrogens (tertiary/aromatic N) is 2. The van der Waals surface area contributed by atoms with Gasteiger partial charge in [0.15, 0.2) is 11.5 Å². The van der Waals surface area contributed by atoms with Crippen molar-refractivity contribution >= 4 is 29.4 Å². The minimum atomic E-state index is -0.796. The van der Waals surface area contributed by atoms with Gasteiger partial charge in [-0.1, -0.05) is 12.1 Å². The molecular weight excluding hydrogens is 420 g/mol. The molecule has 3 aromatic rings. The summed E-state index contributed by atoms with van der Waals surface area (Å²) in [6, 6.07) is 10.8. The quantitative estimate of drug-likeness (QED) is 0.606. The molecular formula is C21H20N4O5S. The van der Waals surface area contributed by atoms with Gasteiger partial charge < -0.3 is 24.5 Å². The fourth-order valence-corrected chi connectivity index (χ4v) is 4.49. The third kappa shape index (κ3) is 4.11. The summed E-state index contributed by atoms with van der Waals surface area (Å²) in [6.45, 7) is 0.382. The summed E-state index contributed by atoms with van der Waals surface area (Å²) < 4.78 is 18.2. The van der Waals surface area contributed by atoms with Crippen molar-refractivity contribution in [3.63, 3.8) is 0 Å². The Morgan fingerprint density at radius 1 is 1.16 bits per heavy atom. The van der Waals surface area contributed by atoms with Crippen molar-refractivity contribution < 1.29 is 23.5 Å². The Morgan fingerprint density at radius 2 is 2.03 bits per heavy atom. The van der Waals surface area contributed by atoms with Gasteiger partial charge in [0.05, 0.1) is 18.5 Å². The van der Waals surface area contributed by atoms with Gasteiger partial charge in [0.1, 0.15) is 24.7 Å². The van der Waals surface area contributed by atoms with E-state index in [-0.39, 0.29) is 31.5 Å². The van der Waals surface area contributed by atoms with E-state index < -0.39 is 6.10 Å². The second kappa shape index (κ2) is 8.38. The van der Waals surface area contributed by atoms with E-state index in [0.29, 0.717) is 23.1 Å². The molecule has 31 heavy (non-hydrogen) atoms. The van der Waals surface area contributed by atoms with Crippen LogP contribution in [0.4, 0.5) is 5.82 Å². The molecule has 0 bridgehead atoms. The first-order valence-corrected chi connectivity index (χ1v) is 11.0. The molecule has 0 spiro atoms. The lowest BCUT2D eigenvalue weighted by Crippen LogP contribution is -2.41. The number of carbonyl (C=O) groups is 2. The maximum Gasteiger partial charge on any atom is 0.270 e. The molecule has 2 N–H and O–H groups in total. The van der Waals surface area contributed by atoms with Crippen molar-refractivity contribution in [3.8, 4) is 11.5 Å². The van der Waals surface area contributed by atoms with E-state index in [0.717, 1.165) is 22.8 Å². The number of fused-ring (bicyclic) bond motifs is 2. The smallest absolute Gasteiger partial charge is 0.270 e. The van der Waals surface area contributed by atoms with Crippen LogP contribution < -0.4 is 20.1 Å². The Balaban J connectivity index is 1.28. The van der Waals surface area contributed by atoms with Crippen LogP contribution in [0.15, 0.2) is 47.1 Å². The summed E-state index contributed by atoms with van der Waals surface area (Å²) in [5.74, 6) is 3.23. The zero-order valence-corrected chi connectivity index (χ0v) is 17.3. The van der Waals surface area contributed by atoms with Gasteiger partial charge in [0.25, 0.3) is 5.91 Å². The van der Waals surface area contributed by atoms with Gasteiger partial charge in [-0.15, -0.1) is 0 Å². The highest BCUT2D eigenvalue weighted by molar-refractivity contribution is 7.98. The van der Waals surface area contributed by atoms with Gasteiger partial charge in [-0.25, -0.2) is 4.68 Å². The molecule has 0 radical (unpaired) electrons. The lowest BCUT2D eigenvalue weighted by molar-refractivity contribution is -0.125. The van der Waals surface area contributed by atoms with Gasteiger partial charge in [-0.3, -0.25) is 9.59 Å². The van der Waals surface area contributed by atoms with E-state index in [2.05, 4.69) is 15.7 Å². The van der Waals surface area contributed by atoms with E-state index >= 15 is 0 Å². The average Bonchev–Trinajstić information content (AvgIpc) is 3.52. The molecule has 0 saturated heterocycles. The largest absolute Gasteiger partial charge is 0.485 e. The van der Waals surface area contributed by atoms with Crippen LogP contribution in [-0.2, 0) is 34.2 Å². The molecule has 0 saturated carbocycles. The first-order chi connectivity index (χ1) is 15.2. The van der Waals surface area contributed by atoms with Crippen LogP contribution in [0.3, 0.4) is 0 Å². The standard InChI is InChI=1S/C21H20N4O5S/c26-19(22-8-13-4-3-7-28-13)9-25-20(14-11-31-12-15(14)24-25)23-21(27)18-10-29-16-5-1-2-6-17(16)30-18/h1-7,18H,8-12H2,(H,22,26)(H,23,27)/t18-/m0/s1. The fourth-order valence-electron chi connectivity index (χ4n) is 3.46. The molecule has 1 aromatic carbocycles. The van der Waals surface area contributed by atoms with E-state index in [1.807, 2.05) is 12.1 Å². The number of aromatic nitrogens is 2. The molecule has 160 valence electrons. The molecule has 0 fully saturated rings. The monoisotopic (exact) mass is 440 g/mol. The Bertz CT molecular complexity index is 1110. The second-order valence-electron chi connectivity index (χ2n) is 7.13. The van der Waals surface area contributed by atoms with Crippen LogP contribution >= 0.6 is 11.8 Å². The van der Waals surface area contributed by atoms with Crippen molar-refractivity contribution in [2.24, 2.45) is 0 Å². The van der Waals surface area contributed by atoms with E-state index in [9.17, 15) is 9.59 Å². The van der Waals surface area contributed by atoms with Gasteiger partial charge in [-0.05, 0) is 24.3 Å². The number of ether oxygens (including phenoxy) is 2. The number of furan rings is 1. The minimum Gasteiger partial charge on any atom is -0.485 e. The third-order valence-corrected chi connectivity index (χ3v) is 5.97. The zero-order chi connectivity index (χ0) is 21.2. The number of benzene rings is 1. The number of anilines is 1. The Kier molecular flexibility index (Phi) is 5.29. The SMILES string of the molecule is O=C(Cn1nc2c(c1NC(=O)[C@@H]1COc3ccccc3O1)CSC2)NCc1ccco1. The normalized spacial score (nSPS) is 16.6. The summed E-state index contributed by atoms with van der Waals surface area (Å²) in [5.41, 5.74) is 1.82. The second-order valence-corrected chi connectivity index (χ2v) is 8.12. The van der Waals surface area contributed by atoms with Crippen molar-refractivity contribution in [3.05, 3.63) is 59.7 Å². The first-order valence-electron chi connectivity index (χ1n) is 9.82. The maximum absolute atomic E-state index is 12.9. The number of para-hydroxylation sites is 2. The maximum atomic E-state index is 12.9. The highest BCUT2D eigenvalue weighted by atomic mass is 32.2. The Morgan fingerprint density at radius 3 is 2.87 bits per heavy atom. The number of nitrogens with one attached hydrogen (secondary N) is 2. The van der Waals surface area contributed by atoms with Crippen LogP contribution in [0.25, 0.3) is 0 Å². The molecule has 0 unspecified atom stereocenters. The Labute approximate surface area is 182 Å². The molecule has 2 amide bonds. The van der Waals surface area contributed by atoms with Crippen LogP contribution in [0.2, 0.25) is 0 Å². The van der Waals surface area contributed by atoms with Crippen molar-refractivity contribution in [1.82, 2.24) is 15.1 Å². The lowest BCUT2D eigenvalue weighted by atomic mass is 10.2. The summed E-state index contributed by atoms with van der Waals surface area (Å²) in [4.78, 5) is 25.4. The Hall–Kier alpha value is -3.40. The van der Waals surface area contributed by atoms with Crippen LogP contribution in [0.1, 0.15) is 17.0 Å². The topological polar surface area (TPSA) is 108 Å². The highest BCUT2D eigenvalue weighted by Crippen LogP contribution is 2.35. The first kappa shape index (κ1) is 19.6. The number of amides is 2. The zero-order valence-electron chi connectivity index (χ0n) is 16.5. The average molecular weight is 440 g/mol. The summed E-state index contributed by atoms with van der Waals surface area (Å²) >= 11 is 1.72. The fraction of sp³-hybridized carbons (Fsp3) is 0.286. The summed E-state index contributed by atoms with van der Waals surface area (Å²) in [7, 11) is 0. The predicted molar refractivity (Wildman–Crippen MR) is 113 cm³/mol. The van der Waals surface area contributed by atoms with Gasteiger partial charge >= 0.3 is 0 Å². The molecule has 2 aliphatic heterocycles. The number of thioether (sulfide) groups is 1. The molecule has 1 atom stereocenters. The molecule has 2 aliphatic rings. The van der Waals surface area contributed by atoms with E-state index in [1.165, 1.54) is 4.68 Å². The van der Waals surface area contributed by atoms with Crippen molar-refractivity contribution in [1.29, 1.82) is 0 Å². The van der Waals surface area contributed by atoms with E-state index in [1.54, 1.807) is 42.3 Å².